The molecule has 0 bridgehead atoms. The first-order chi connectivity index (χ1) is 8.83. The molecule has 0 saturated heterocycles. The van der Waals surface area contributed by atoms with Crippen molar-refractivity contribution in [2.24, 2.45) is 5.84 Å². The number of hydrogen-bond donors (Lipinski definition) is 2. The van der Waals surface area contributed by atoms with Gasteiger partial charge < -0.3 is 0 Å². The van der Waals surface area contributed by atoms with Crippen LogP contribution in [0.3, 0.4) is 0 Å². The van der Waals surface area contributed by atoms with Crippen LogP contribution in [0.25, 0.3) is 0 Å². The van der Waals surface area contributed by atoms with Gasteiger partial charge in [0.15, 0.2) is 0 Å². The van der Waals surface area contributed by atoms with Crippen LogP contribution in [-0.2, 0) is 12.8 Å². The van der Waals surface area contributed by atoms with E-state index in [1.54, 1.807) is 12.4 Å². The summed E-state index contributed by atoms with van der Waals surface area (Å²) in [4.78, 5) is 4.43. The van der Waals surface area contributed by atoms with Crippen LogP contribution in [0.15, 0.2) is 36.8 Å². The van der Waals surface area contributed by atoms with Crippen LogP contribution in [0.2, 0.25) is 0 Å². The maximum absolute atomic E-state index is 5.58. The van der Waals surface area contributed by atoms with Crippen molar-refractivity contribution in [3.05, 3.63) is 53.6 Å². The van der Waals surface area contributed by atoms with Gasteiger partial charge in [-0.05, 0) is 29.7 Å². The second-order valence-corrected chi connectivity index (χ2v) is 4.11. The highest BCUT2D eigenvalue weighted by atomic mass is 15.2. The van der Waals surface area contributed by atoms with Crippen molar-refractivity contribution >= 4 is 0 Å². The Kier molecular flexibility index (Phi) is 4.33. The Morgan fingerprint density at radius 2 is 2.11 bits per heavy atom. The number of nitrogens with two attached hydrogens (primary N) is 1. The van der Waals surface area contributed by atoms with Gasteiger partial charge >= 0.3 is 0 Å². The van der Waals surface area contributed by atoms with Gasteiger partial charge in [0.2, 0.25) is 0 Å². The Bertz CT molecular complexity index is 469. The molecule has 0 aliphatic heterocycles. The van der Waals surface area contributed by atoms with E-state index in [2.05, 4.69) is 33.6 Å². The molecule has 1 unspecified atom stereocenters. The number of hydrazine groups is 1. The number of aromatic nitrogens is 3. The Morgan fingerprint density at radius 3 is 2.67 bits per heavy atom. The number of aryl methyl sites for hydroxylation is 1. The summed E-state index contributed by atoms with van der Waals surface area (Å²) in [7, 11) is 0. The molecule has 0 radical (unpaired) electrons. The van der Waals surface area contributed by atoms with E-state index in [-0.39, 0.29) is 6.04 Å². The van der Waals surface area contributed by atoms with Crippen molar-refractivity contribution in [2.75, 3.05) is 0 Å². The standard InChI is InChI=1S/C13H17N5/c1-2-10-3-4-12(15-8-10)7-13(18-14)11-5-6-16-17-9-11/h3-6,8-9,13,18H,2,7,14H2,1H3. The molecule has 94 valence electrons. The topological polar surface area (TPSA) is 76.7 Å². The smallest absolute Gasteiger partial charge is 0.0544 e. The molecule has 2 aromatic heterocycles. The first kappa shape index (κ1) is 12.6. The fourth-order valence-electron chi connectivity index (χ4n) is 1.77. The minimum absolute atomic E-state index is 0.000441. The van der Waals surface area contributed by atoms with E-state index in [1.807, 2.05) is 18.3 Å². The van der Waals surface area contributed by atoms with Gasteiger partial charge in [0.25, 0.3) is 0 Å². The predicted octanol–water partition coefficient (Wildman–Crippen LogP) is 1.18. The zero-order valence-electron chi connectivity index (χ0n) is 10.4. The fourth-order valence-corrected chi connectivity index (χ4v) is 1.77. The van der Waals surface area contributed by atoms with E-state index >= 15 is 0 Å². The summed E-state index contributed by atoms with van der Waals surface area (Å²) in [5, 5.41) is 7.61. The van der Waals surface area contributed by atoms with Gasteiger partial charge in [-0.3, -0.25) is 16.3 Å². The number of nitrogens with one attached hydrogen (secondary N) is 1. The summed E-state index contributed by atoms with van der Waals surface area (Å²) < 4.78 is 0. The molecule has 5 nitrogen and oxygen atoms in total. The van der Waals surface area contributed by atoms with Crippen LogP contribution in [-0.4, -0.2) is 15.2 Å². The number of nitrogens with zero attached hydrogens (tertiary/aromatic N) is 3. The lowest BCUT2D eigenvalue weighted by atomic mass is 10.0. The first-order valence-electron chi connectivity index (χ1n) is 6.00. The lowest BCUT2D eigenvalue weighted by Crippen LogP contribution is -2.29. The van der Waals surface area contributed by atoms with E-state index in [9.17, 15) is 0 Å². The molecule has 2 aromatic rings. The zero-order chi connectivity index (χ0) is 12.8. The third-order valence-electron chi connectivity index (χ3n) is 2.92. The summed E-state index contributed by atoms with van der Waals surface area (Å²) in [5.41, 5.74) is 6.04. The molecule has 0 spiro atoms. The average molecular weight is 243 g/mol. The molecule has 0 aliphatic carbocycles. The molecule has 0 aliphatic rings. The summed E-state index contributed by atoms with van der Waals surface area (Å²) in [6, 6.07) is 6.04. The van der Waals surface area contributed by atoms with E-state index in [4.69, 9.17) is 5.84 Å². The van der Waals surface area contributed by atoms with Gasteiger partial charge in [0.05, 0.1) is 12.2 Å². The molecule has 2 heterocycles. The normalized spacial score (nSPS) is 12.3. The maximum Gasteiger partial charge on any atom is 0.0544 e. The van der Waals surface area contributed by atoms with Crippen molar-refractivity contribution in [1.29, 1.82) is 0 Å². The molecule has 3 N–H and O–H groups in total. The lowest BCUT2D eigenvalue weighted by Gasteiger charge is -2.15. The average Bonchev–Trinajstić information content (AvgIpc) is 2.46. The van der Waals surface area contributed by atoms with Crippen LogP contribution in [0.5, 0.6) is 0 Å². The molecule has 0 amide bonds. The second-order valence-electron chi connectivity index (χ2n) is 4.11. The van der Waals surface area contributed by atoms with Crippen LogP contribution in [0.4, 0.5) is 0 Å². The van der Waals surface area contributed by atoms with Crippen molar-refractivity contribution in [2.45, 2.75) is 25.8 Å². The van der Waals surface area contributed by atoms with Crippen LogP contribution in [0, 0.1) is 0 Å². The Balaban J connectivity index is 2.10. The summed E-state index contributed by atoms with van der Waals surface area (Å²) >= 11 is 0. The Morgan fingerprint density at radius 1 is 1.22 bits per heavy atom. The summed E-state index contributed by atoms with van der Waals surface area (Å²) in [5.74, 6) is 5.58. The molecule has 0 fully saturated rings. The highest BCUT2D eigenvalue weighted by Gasteiger charge is 2.11. The van der Waals surface area contributed by atoms with E-state index in [1.165, 1.54) is 5.56 Å². The summed E-state index contributed by atoms with van der Waals surface area (Å²) in [6.45, 7) is 2.11. The molecular weight excluding hydrogens is 226 g/mol. The van der Waals surface area contributed by atoms with Gasteiger partial charge in [-0.25, -0.2) is 0 Å². The van der Waals surface area contributed by atoms with Crippen LogP contribution < -0.4 is 11.3 Å². The van der Waals surface area contributed by atoms with Gasteiger partial charge in [0.1, 0.15) is 0 Å². The van der Waals surface area contributed by atoms with Gasteiger partial charge in [0, 0.05) is 24.5 Å². The molecular formula is C13H17N5. The number of rotatable bonds is 5. The van der Waals surface area contributed by atoms with Crippen molar-refractivity contribution < 1.29 is 0 Å². The first-order valence-corrected chi connectivity index (χ1v) is 6.00. The second kappa shape index (κ2) is 6.18. The van der Waals surface area contributed by atoms with E-state index in [0.717, 1.165) is 24.1 Å². The van der Waals surface area contributed by atoms with Crippen LogP contribution in [0.1, 0.15) is 29.8 Å². The van der Waals surface area contributed by atoms with E-state index < -0.39 is 0 Å². The zero-order valence-corrected chi connectivity index (χ0v) is 10.4. The number of hydrogen-bond acceptors (Lipinski definition) is 5. The third kappa shape index (κ3) is 3.09. The molecule has 0 saturated carbocycles. The fraction of sp³-hybridized carbons (Fsp3) is 0.308. The minimum atomic E-state index is 0.000441. The molecule has 0 aromatic carbocycles. The Hall–Kier alpha value is -1.85. The quantitative estimate of drug-likeness (QED) is 0.609. The lowest BCUT2D eigenvalue weighted by molar-refractivity contribution is 0.542. The van der Waals surface area contributed by atoms with Crippen LogP contribution >= 0.6 is 0 Å². The van der Waals surface area contributed by atoms with Crippen molar-refractivity contribution in [3.63, 3.8) is 0 Å². The molecule has 18 heavy (non-hydrogen) atoms. The largest absolute Gasteiger partial charge is 0.271 e. The molecule has 2 rings (SSSR count). The highest BCUT2D eigenvalue weighted by molar-refractivity contribution is 5.18. The van der Waals surface area contributed by atoms with Crippen molar-refractivity contribution in [1.82, 2.24) is 20.6 Å². The van der Waals surface area contributed by atoms with Gasteiger partial charge in [-0.2, -0.15) is 10.2 Å². The SMILES string of the molecule is CCc1ccc(CC(NN)c2ccnnc2)nc1. The van der Waals surface area contributed by atoms with Gasteiger partial charge in [-0.15, -0.1) is 0 Å². The van der Waals surface area contributed by atoms with E-state index in [0.29, 0.717) is 0 Å². The monoisotopic (exact) mass is 243 g/mol. The molecule has 5 heteroatoms. The Labute approximate surface area is 106 Å². The number of pyridine rings is 1. The summed E-state index contributed by atoms with van der Waals surface area (Å²) in [6.07, 6.45) is 7.01. The van der Waals surface area contributed by atoms with Gasteiger partial charge in [-0.1, -0.05) is 13.0 Å². The van der Waals surface area contributed by atoms with Crippen molar-refractivity contribution in [3.8, 4) is 0 Å². The maximum atomic E-state index is 5.58. The molecule has 1 atom stereocenters. The minimum Gasteiger partial charge on any atom is -0.271 e. The predicted molar refractivity (Wildman–Crippen MR) is 69.4 cm³/mol. The highest BCUT2D eigenvalue weighted by Crippen LogP contribution is 2.15. The third-order valence-corrected chi connectivity index (χ3v) is 2.92.